The number of fused-ring (bicyclic) bond motifs is 1. The first-order valence-electron chi connectivity index (χ1n) is 5.34. The highest BCUT2D eigenvalue weighted by atomic mass is 19.1. The topological polar surface area (TPSA) is 29.9 Å². The molecule has 2 heterocycles. The summed E-state index contributed by atoms with van der Waals surface area (Å²) in [4.78, 5) is 4.34. The zero-order valence-corrected chi connectivity index (χ0v) is 8.73. The maximum atomic E-state index is 12.8. The quantitative estimate of drug-likeness (QED) is 0.788. The number of rotatable bonds is 1. The molecule has 0 radical (unpaired) electrons. The van der Waals surface area contributed by atoms with E-state index in [0.717, 1.165) is 24.5 Å². The van der Waals surface area contributed by atoms with E-state index in [-0.39, 0.29) is 11.9 Å². The standard InChI is InChI=1S/C12H12FN3/c13-10-3-1-9(2-4-10)11-12-15-6-8-16(12)7-5-14-11/h1-4,6,8,11,14H,5,7H2. The largest absolute Gasteiger partial charge is 0.332 e. The molecule has 0 fully saturated rings. The van der Waals surface area contributed by atoms with Gasteiger partial charge in [0, 0.05) is 25.5 Å². The molecule has 1 N–H and O–H groups in total. The van der Waals surface area contributed by atoms with Gasteiger partial charge in [-0.25, -0.2) is 9.37 Å². The average Bonchev–Trinajstić information content (AvgIpc) is 2.78. The van der Waals surface area contributed by atoms with Gasteiger partial charge >= 0.3 is 0 Å². The summed E-state index contributed by atoms with van der Waals surface area (Å²) < 4.78 is 15.0. The minimum absolute atomic E-state index is 0.0735. The van der Waals surface area contributed by atoms with Gasteiger partial charge in [-0.15, -0.1) is 0 Å². The highest BCUT2D eigenvalue weighted by Crippen LogP contribution is 2.23. The number of benzene rings is 1. The second-order valence-corrected chi connectivity index (χ2v) is 3.92. The summed E-state index contributed by atoms with van der Waals surface area (Å²) in [6.45, 7) is 1.85. The first-order chi connectivity index (χ1) is 7.84. The smallest absolute Gasteiger partial charge is 0.130 e. The van der Waals surface area contributed by atoms with Crippen LogP contribution in [0.3, 0.4) is 0 Å². The Labute approximate surface area is 92.9 Å². The van der Waals surface area contributed by atoms with Gasteiger partial charge in [0.25, 0.3) is 0 Å². The monoisotopic (exact) mass is 217 g/mol. The van der Waals surface area contributed by atoms with Gasteiger partial charge in [-0.05, 0) is 17.7 Å². The van der Waals surface area contributed by atoms with Gasteiger partial charge < -0.3 is 9.88 Å². The number of hydrogen-bond acceptors (Lipinski definition) is 2. The highest BCUT2D eigenvalue weighted by molar-refractivity contribution is 5.26. The van der Waals surface area contributed by atoms with Crippen molar-refractivity contribution in [2.24, 2.45) is 0 Å². The Hall–Kier alpha value is -1.68. The van der Waals surface area contributed by atoms with E-state index < -0.39 is 0 Å². The molecular formula is C12H12FN3. The maximum Gasteiger partial charge on any atom is 0.130 e. The third kappa shape index (κ3) is 1.51. The number of hydrogen-bond donors (Lipinski definition) is 1. The van der Waals surface area contributed by atoms with E-state index in [4.69, 9.17) is 0 Å². The Morgan fingerprint density at radius 1 is 1.31 bits per heavy atom. The van der Waals surface area contributed by atoms with Crippen molar-refractivity contribution in [1.82, 2.24) is 14.9 Å². The van der Waals surface area contributed by atoms with Gasteiger partial charge in [0.1, 0.15) is 11.6 Å². The molecule has 3 nitrogen and oxygen atoms in total. The Bertz CT molecular complexity index is 489. The minimum Gasteiger partial charge on any atom is -0.332 e. The van der Waals surface area contributed by atoms with Gasteiger partial charge in [-0.3, -0.25) is 0 Å². The summed E-state index contributed by atoms with van der Waals surface area (Å²) in [7, 11) is 0. The lowest BCUT2D eigenvalue weighted by Crippen LogP contribution is -2.34. The molecule has 4 heteroatoms. The molecule has 1 unspecified atom stereocenters. The zero-order chi connectivity index (χ0) is 11.0. The third-order valence-corrected chi connectivity index (χ3v) is 2.91. The molecule has 2 aromatic rings. The number of aromatic nitrogens is 2. The van der Waals surface area contributed by atoms with Crippen molar-refractivity contribution in [3.8, 4) is 0 Å². The fourth-order valence-corrected chi connectivity index (χ4v) is 2.11. The molecule has 0 amide bonds. The molecule has 0 saturated carbocycles. The van der Waals surface area contributed by atoms with Crippen molar-refractivity contribution in [3.05, 3.63) is 53.9 Å². The van der Waals surface area contributed by atoms with E-state index in [9.17, 15) is 4.39 Å². The van der Waals surface area contributed by atoms with Crippen LogP contribution in [0.1, 0.15) is 17.4 Å². The van der Waals surface area contributed by atoms with Crippen molar-refractivity contribution < 1.29 is 4.39 Å². The minimum atomic E-state index is -0.206. The number of imidazole rings is 1. The van der Waals surface area contributed by atoms with E-state index in [1.807, 2.05) is 6.20 Å². The van der Waals surface area contributed by atoms with E-state index in [1.165, 1.54) is 12.1 Å². The first-order valence-corrected chi connectivity index (χ1v) is 5.34. The first kappa shape index (κ1) is 9.54. The summed E-state index contributed by atoms with van der Waals surface area (Å²) in [6.07, 6.45) is 3.78. The summed E-state index contributed by atoms with van der Waals surface area (Å²) in [6, 6.07) is 6.65. The van der Waals surface area contributed by atoms with Gasteiger partial charge in [0.05, 0.1) is 6.04 Å². The molecular weight excluding hydrogens is 205 g/mol. The summed E-state index contributed by atoms with van der Waals surface area (Å²) in [5.74, 6) is 0.792. The summed E-state index contributed by atoms with van der Waals surface area (Å²) in [5.41, 5.74) is 1.05. The zero-order valence-electron chi connectivity index (χ0n) is 8.73. The van der Waals surface area contributed by atoms with E-state index in [1.54, 1.807) is 18.3 Å². The Kier molecular flexibility index (Phi) is 2.22. The molecule has 1 aliphatic heterocycles. The lowest BCUT2D eigenvalue weighted by atomic mass is 10.0. The lowest BCUT2D eigenvalue weighted by molar-refractivity contribution is 0.455. The molecule has 16 heavy (non-hydrogen) atoms. The van der Waals surface area contributed by atoms with Gasteiger partial charge in [0.15, 0.2) is 0 Å². The van der Waals surface area contributed by atoms with E-state index in [2.05, 4.69) is 14.9 Å². The van der Waals surface area contributed by atoms with Crippen LogP contribution in [-0.2, 0) is 6.54 Å². The van der Waals surface area contributed by atoms with Crippen LogP contribution in [0.15, 0.2) is 36.7 Å². The predicted molar refractivity (Wildman–Crippen MR) is 58.5 cm³/mol. The Morgan fingerprint density at radius 3 is 2.94 bits per heavy atom. The van der Waals surface area contributed by atoms with Gasteiger partial charge in [-0.1, -0.05) is 12.1 Å². The number of nitrogens with one attached hydrogen (secondary N) is 1. The van der Waals surface area contributed by atoms with Crippen LogP contribution in [0.5, 0.6) is 0 Å². The van der Waals surface area contributed by atoms with E-state index >= 15 is 0 Å². The van der Waals surface area contributed by atoms with Crippen LogP contribution in [-0.4, -0.2) is 16.1 Å². The Balaban J connectivity index is 2.00. The van der Waals surface area contributed by atoms with Crippen LogP contribution in [0.4, 0.5) is 4.39 Å². The van der Waals surface area contributed by atoms with Crippen molar-refractivity contribution in [2.45, 2.75) is 12.6 Å². The molecule has 1 atom stereocenters. The molecule has 0 aliphatic carbocycles. The van der Waals surface area contributed by atoms with Crippen molar-refractivity contribution >= 4 is 0 Å². The maximum absolute atomic E-state index is 12.8. The fraction of sp³-hybridized carbons (Fsp3) is 0.250. The lowest BCUT2D eigenvalue weighted by Gasteiger charge is -2.25. The molecule has 0 saturated heterocycles. The van der Waals surface area contributed by atoms with Crippen LogP contribution in [0.2, 0.25) is 0 Å². The second kappa shape index (κ2) is 3.72. The molecule has 1 aliphatic rings. The van der Waals surface area contributed by atoms with Crippen molar-refractivity contribution in [3.63, 3.8) is 0 Å². The molecule has 1 aromatic heterocycles. The van der Waals surface area contributed by atoms with Crippen molar-refractivity contribution in [2.75, 3.05) is 6.54 Å². The van der Waals surface area contributed by atoms with Gasteiger partial charge in [0.2, 0.25) is 0 Å². The summed E-state index contributed by atoms with van der Waals surface area (Å²) in [5, 5.41) is 3.39. The van der Waals surface area contributed by atoms with Gasteiger partial charge in [-0.2, -0.15) is 0 Å². The fourth-order valence-electron chi connectivity index (χ4n) is 2.11. The molecule has 1 aromatic carbocycles. The van der Waals surface area contributed by atoms with Crippen LogP contribution in [0, 0.1) is 5.82 Å². The summed E-state index contributed by atoms with van der Waals surface area (Å²) >= 11 is 0. The average molecular weight is 217 g/mol. The van der Waals surface area contributed by atoms with Crippen molar-refractivity contribution in [1.29, 1.82) is 0 Å². The molecule has 0 bridgehead atoms. The molecule has 0 spiro atoms. The van der Waals surface area contributed by atoms with Crippen LogP contribution < -0.4 is 5.32 Å². The highest BCUT2D eigenvalue weighted by Gasteiger charge is 2.22. The Morgan fingerprint density at radius 2 is 2.12 bits per heavy atom. The molecule has 3 rings (SSSR count). The van der Waals surface area contributed by atoms with Crippen LogP contribution >= 0.6 is 0 Å². The van der Waals surface area contributed by atoms with Crippen LogP contribution in [0.25, 0.3) is 0 Å². The number of nitrogens with zero attached hydrogens (tertiary/aromatic N) is 2. The normalized spacial score (nSPS) is 19.4. The number of halogens is 1. The second-order valence-electron chi connectivity index (χ2n) is 3.92. The SMILES string of the molecule is Fc1ccc(C2NCCn3ccnc32)cc1. The van der Waals surface area contributed by atoms with E-state index in [0.29, 0.717) is 0 Å². The third-order valence-electron chi connectivity index (χ3n) is 2.91. The molecule has 82 valence electrons. The predicted octanol–water partition coefficient (Wildman–Crippen LogP) is 1.71.